The van der Waals surface area contributed by atoms with Gasteiger partial charge in [-0.05, 0) is 0 Å². The SMILES string of the molecule is COc1ncnc(CC(C)Br)c1[N+](=O)[O-]. The van der Waals surface area contributed by atoms with Crippen molar-refractivity contribution in [1.29, 1.82) is 0 Å². The Kier molecular flexibility index (Phi) is 3.96. The van der Waals surface area contributed by atoms with Crippen LogP contribution in [0.25, 0.3) is 0 Å². The summed E-state index contributed by atoms with van der Waals surface area (Å²) in [7, 11) is 1.34. The highest BCUT2D eigenvalue weighted by Crippen LogP contribution is 2.27. The molecule has 0 amide bonds. The maximum atomic E-state index is 10.8. The molecule has 0 N–H and O–H groups in total. The number of halogens is 1. The van der Waals surface area contributed by atoms with Gasteiger partial charge in [0, 0.05) is 11.2 Å². The van der Waals surface area contributed by atoms with Gasteiger partial charge in [0.15, 0.2) is 0 Å². The number of hydrogen-bond acceptors (Lipinski definition) is 5. The number of hydrogen-bond donors (Lipinski definition) is 0. The van der Waals surface area contributed by atoms with Crippen molar-refractivity contribution in [2.75, 3.05) is 7.11 Å². The molecule has 1 aromatic heterocycles. The molecule has 0 bridgehead atoms. The lowest BCUT2D eigenvalue weighted by molar-refractivity contribution is -0.387. The number of ether oxygens (including phenoxy) is 1. The summed E-state index contributed by atoms with van der Waals surface area (Å²) in [5.41, 5.74) is 0.211. The molecule has 1 atom stereocenters. The average molecular weight is 276 g/mol. The Morgan fingerprint density at radius 1 is 1.67 bits per heavy atom. The minimum atomic E-state index is -0.524. The summed E-state index contributed by atoms with van der Waals surface area (Å²) in [5, 5.41) is 10.8. The first-order valence-corrected chi connectivity index (χ1v) is 5.14. The second-order valence-corrected chi connectivity index (χ2v) is 4.48. The molecule has 0 saturated carbocycles. The highest BCUT2D eigenvalue weighted by Gasteiger charge is 2.23. The molecule has 1 aromatic rings. The summed E-state index contributed by atoms with van der Waals surface area (Å²) in [4.78, 5) is 18.0. The first-order chi connectivity index (χ1) is 7.06. The van der Waals surface area contributed by atoms with Crippen molar-refractivity contribution in [2.24, 2.45) is 0 Å². The van der Waals surface area contributed by atoms with Gasteiger partial charge < -0.3 is 4.74 Å². The van der Waals surface area contributed by atoms with E-state index in [1.54, 1.807) is 0 Å². The molecule has 0 radical (unpaired) electrons. The molecule has 0 aromatic carbocycles. The van der Waals surface area contributed by atoms with Crippen LogP contribution in [0.4, 0.5) is 5.69 Å². The minimum absolute atomic E-state index is 0.00171. The predicted molar refractivity (Wildman–Crippen MR) is 57.3 cm³/mol. The molecule has 0 saturated heterocycles. The smallest absolute Gasteiger partial charge is 0.352 e. The Hall–Kier alpha value is -1.24. The van der Waals surface area contributed by atoms with Gasteiger partial charge in [-0.2, -0.15) is 4.98 Å². The lowest BCUT2D eigenvalue weighted by atomic mass is 10.2. The molecule has 1 rings (SSSR count). The largest absolute Gasteiger partial charge is 0.476 e. The zero-order valence-corrected chi connectivity index (χ0v) is 9.89. The number of nitrogens with zero attached hydrogens (tertiary/aromatic N) is 3. The first kappa shape index (κ1) is 11.8. The zero-order valence-electron chi connectivity index (χ0n) is 8.31. The van der Waals surface area contributed by atoms with Gasteiger partial charge in [-0.1, -0.05) is 22.9 Å². The topological polar surface area (TPSA) is 78.2 Å². The Morgan fingerprint density at radius 3 is 2.80 bits per heavy atom. The van der Waals surface area contributed by atoms with E-state index >= 15 is 0 Å². The van der Waals surface area contributed by atoms with Gasteiger partial charge in [-0.15, -0.1) is 0 Å². The lowest BCUT2D eigenvalue weighted by Gasteiger charge is -2.05. The van der Waals surface area contributed by atoms with Crippen LogP contribution in [0.2, 0.25) is 0 Å². The van der Waals surface area contributed by atoms with Gasteiger partial charge in [0.05, 0.1) is 12.0 Å². The van der Waals surface area contributed by atoms with Gasteiger partial charge >= 0.3 is 5.69 Å². The molecular formula is C8H10BrN3O3. The molecule has 82 valence electrons. The average Bonchev–Trinajstić information content (AvgIpc) is 2.15. The van der Waals surface area contributed by atoms with E-state index in [9.17, 15) is 10.1 Å². The third-order valence-electron chi connectivity index (χ3n) is 1.72. The Morgan fingerprint density at radius 2 is 2.33 bits per heavy atom. The number of aromatic nitrogens is 2. The minimum Gasteiger partial charge on any atom is -0.476 e. The van der Waals surface area contributed by atoms with Crippen LogP contribution in [0.5, 0.6) is 5.88 Å². The van der Waals surface area contributed by atoms with Crippen LogP contribution in [0.1, 0.15) is 12.6 Å². The van der Waals surface area contributed by atoms with Crippen molar-refractivity contribution in [3.8, 4) is 5.88 Å². The van der Waals surface area contributed by atoms with Crippen LogP contribution in [-0.2, 0) is 6.42 Å². The van der Waals surface area contributed by atoms with E-state index in [1.165, 1.54) is 13.4 Å². The summed E-state index contributed by atoms with van der Waals surface area (Å²) < 4.78 is 4.82. The standard InChI is InChI=1S/C8H10BrN3O3/c1-5(9)3-6-7(12(13)14)8(15-2)11-4-10-6/h4-5H,3H2,1-2H3. The van der Waals surface area contributed by atoms with Gasteiger partial charge in [0.1, 0.15) is 12.0 Å². The van der Waals surface area contributed by atoms with Crippen LogP contribution < -0.4 is 4.74 Å². The molecule has 0 fully saturated rings. The second kappa shape index (κ2) is 5.01. The van der Waals surface area contributed by atoms with E-state index in [0.29, 0.717) is 12.1 Å². The van der Waals surface area contributed by atoms with E-state index in [-0.39, 0.29) is 16.4 Å². The van der Waals surface area contributed by atoms with Crippen molar-refractivity contribution in [3.63, 3.8) is 0 Å². The van der Waals surface area contributed by atoms with Crippen LogP contribution in [0.15, 0.2) is 6.33 Å². The fourth-order valence-corrected chi connectivity index (χ4v) is 1.45. The van der Waals surface area contributed by atoms with Crippen molar-refractivity contribution >= 4 is 21.6 Å². The molecule has 1 heterocycles. The summed E-state index contributed by atoms with van der Waals surface area (Å²) in [6.07, 6.45) is 1.71. The predicted octanol–water partition coefficient (Wildman–Crippen LogP) is 1.72. The highest BCUT2D eigenvalue weighted by molar-refractivity contribution is 9.09. The van der Waals surface area contributed by atoms with Gasteiger partial charge in [-0.3, -0.25) is 10.1 Å². The van der Waals surface area contributed by atoms with E-state index in [1.807, 2.05) is 6.92 Å². The van der Waals surface area contributed by atoms with Crippen LogP contribution in [0, 0.1) is 10.1 Å². The number of alkyl halides is 1. The normalized spacial score (nSPS) is 12.2. The van der Waals surface area contributed by atoms with Crippen molar-refractivity contribution < 1.29 is 9.66 Å². The Balaban J connectivity index is 3.19. The first-order valence-electron chi connectivity index (χ1n) is 4.22. The Labute approximate surface area is 95.0 Å². The van der Waals surface area contributed by atoms with Crippen LogP contribution in [-0.4, -0.2) is 26.8 Å². The third-order valence-corrected chi connectivity index (χ3v) is 2.04. The maximum Gasteiger partial charge on any atom is 0.352 e. The van der Waals surface area contributed by atoms with E-state index in [0.717, 1.165) is 0 Å². The lowest BCUT2D eigenvalue weighted by Crippen LogP contribution is -2.07. The summed E-state index contributed by atoms with van der Waals surface area (Å²) in [6.45, 7) is 1.89. The molecule has 7 heteroatoms. The quantitative estimate of drug-likeness (QED) is 0.475. The second-order valence-electron chi connectivity index (χ2n) is 2.92. The van der Waals surface area contributed by atoms with Crippen molar-refractivity contribution in [3.05, 3.63) is 22.1 Å². The monoisotopic (exact) mass is 275 g/mol. The van der Waals surface area contributed by atoms with Crippen molar-refractivity contribution in [2.45, 2.75) is 18.2 Å². The van der Waals surface area contributed by atoms with E-state index < -0.39 is 4.92 Å². The molecular weight excluding hydrogens is 266 g/mol. The van der Waals surface area contributed by atoms with Gasteiger partial charge in [0.2, 0.25) is 0 Å². The fraction of sp³-hybridized carbons (Fsp3) is 0.500. The number of rotatable bonds is 4. The summed E-state index contributed by atoms with van der Waals surface area (Å²) >= 11 is 3.32. The molecule has 1 unspecified atom stereocenters. The molecule has 0 aliphatic carbocycles. The van der Waals surface area contributed by atoms with E-state index in [2.05, 4.69) is 25.9 Å². The van der Waals surface area contributed by atoms with Crippen LogP contribution >= 0.6 is 15.9 Å². The molecule has 0 aliphatic heterocycles. The van der Waals surface area contributed by atoms with Gasteiger partial charge in [0.25, 0.3) is 5.88 Å². The van der Waals surface area contributed by atoms with Crippen LogP contribution in [0.3, 0.4) is 0 Å². The highest BCUT2D eigenvalue weighted by atomic mass is 79.9. The molecule has 6 nitrogen and oxygen atoms in total. The summed E-state index contributed by atoms with van der Waals surface area (Å²) in [5.74, 6) is -0.00171. The molecule has 15 heavy (non-hydrogen) atoms. The number of methoxy groups -OCH3 is 1. The number of nitro groups is 1. The summed E-state index contributed by atoms with van der Waals surface area (Å²) in [6, 6.07) is 0. The molecule has 0 aliphatic rings. The zero-order chi connectivity index (χ0) is 11.4. The van der Waals surface area contributed by atoms with E-state index in [4.69, 9.17) is 4.74 Å². The van der Waals surface area contributed by atoms with Crippen molar-refractivity contribution in [1.82, 2.24) is 9.97 Å². The Bertz CT molecular complexity index is 370. The molecule has 0 spiro atoms. The fourth-order valence-electron chi connectivity index (χ4n) is 1.15. The maximum absolute atomic E-state index is 10.8. The third kappa shape index (κ3) is 2.85. The van der Waals surface area contributed by atoms with Gasteiger partial charge in [-0.25, -0.2) is 4.98 Å².